The topological polar surface area (TPSA) is 47.0 Å². The van der Waals surface area contributed by atoms with Crippen molar-refractivity contribution in [2.45, 2.75) is 39.0 Å². The summed E-state index contributed by atoms with van der Waals surface area (Å²) in [5, 5.41) is 11.3. The van der Waals surface area contributed by atoms with E-state index >= 15 is 0 Å². The molecule has 0 radical (unpaired) electrons. The van der Waals surface area contributed by atoms with Crippen LogP contribution in [0.4, 0.5) is 0 Å². The summed E-state index contributed by atoms with van der Waals surface area (Å²) < 4.78 is 6.06. The number of hydrogen-bond acceptors (Lipinski definition) is 4. The quantitative estimate of drug-likeness (QED) is 0.926. The van der Waals surface area contributed by atoms with Crippen LogP contribution in [0.5, 0.6) is 5.75 Å². The van der Waals surface area contributed by atoms with Gasteiger partial charge in [0.2, 0.25) is 0 Å². The summed E-state index contributed by atoms with van der Waals surface area (Å²) in [4.78, 5) is 0. The van der Waals surface area contributed by atoms with E-state index < -0.39 is 0 Å². The van der Waals surface area contributed by atoms with E-state index in [4.69, 9.17) is 4.74 Å². The Hall–Kier alpha value is -1.94. The lowest BCUT2D eigenvalue weighted by atomic mass is 10.0. The molecule has 1 aromatic heterocycles. The van der Waals surface area contributed by atoms with Crippen molar-refractivity contribution in [3.63, 3.8) is 0 Å². The summed E-state index contributed by atoms with van der Waals surface area (Å²) in [6.07, 6.45) is 2.66. The molecule has 20 heavy (non-hydrogen) atoms. The Morgan fingerprint density at radius 2 is 2.10 bits per heavy atom. The van der Waals surface area contributed by atoms with Gasteiger partial charge in [-0.15, -0.1) is 0 Å². The van der Waals surface area contributed by atoms with Crippen molar-refractivity contribution in [3.05, 3.63) is 53.3 Å². The lowest BCUT2D eigenvalue weighted by Gasteiger charge is -2.18. The normalized spacial score (nSPS) is 15.7. The highest BCUT2D eigenvalue weighted by Crippen LogP contribution is 2.37. The molecule has 0 saturated heterocycles. The Morgan fingerprint density at radius 1 is 1.20 bits per heavy atom. The van der Waals surface area contributed by atoms with Crippen molar-refractivity contribution >= 4 is 0 Å². The van der Waals surface area contributed by atoms with Gasteiger partial charge >= 0.3 is 0 Å². The van der Waals surface area contributed by atoms with Crippen LogP contribution in [0.25, 0.3) is 0 Å². The van der Waals surface area contributed by atoms with Crippen LogP contribution < -0.4 is 10.1 Å². The fourth-order valence-electron chi connectivity index (χ4n) is 2.57. The van der Waals surface area contributed by atoms with Crippen molar-refractivity contribution in [2.24, 2.45) is 0 Å². The third-order valence-electron chi connectivity index (χ3n) is 3.42. The predicted octanol–water partition coefficient (Wildman–Crippen LogP) is 2.48. The van der Waals surface area contributed by atoms with Gasteiger partial charge in [0, 0.05) is 31.3 Å². The van der Waals surface area contributed by atoms with Gasteiger partial charge in [0.25, 0.3) is 0 Å². The Bertz CT molecular complexity index is 596. The first-order valence-corrected chi connectivity index (χ1v) is 6.91. The van der Waals surface area contributed by atoms with Gasteiger partial charge in [-0.25, -0.2) is 0 Å². The zero-order valence-electron chi connectivity index (χ0n) is 11.9. The first-order chi connectivity index (χ1) is 9.64. The smallest absolute Gasteiger partial charge is 0.127 e. The Morgan fingerprint density at radius 3 is 2.90 bits per heavy atom. The molecule has 0 bridgehead atoms. The summed E-state index contributed by atoms with van der Waals surface area (Å²) in [6.45, 7) is 5.74. The first kappa shape index (κ1) is 13.1. The van der Waals surface area contributed by atoms with Crippen LogP contribution in [0, 0.1) is 0 Å². The van der Waals surface area contributed by atoms with Gasteiger partial charge in [-0.1, -0.05) is 18.2 Å². The average molecular weight is 269 g/mol. The van der Waals surface area contributed by atoms with Gasteiger partial charge < -0.3 is 10.1 Å². The number of hydrogen-bond donors (Lipinski definition) is 1. The van der Waals surface area contributed by atoms with E-state index in [1.807, 2.05) is 12.1 Å². The zero-order valence-corrected chi connectivity index (χ0v) is 11.9. The molecule has 2 aromatic rings. The monoisotopic (exact) mass is 269 g/mol. The highest BCUT2D eigenvalue weighted by atomic mass is 16.5. The maximum Gasteiger partial charge on any atom is 0.127 e. The molecule has 1 aromatic carbocycles. The molecule has 0 atom stereocenters. The minimum atomic E-state index is -0.0939. The molecular formula is C16H19N3O. The van der Waals surface area contributed by atoms with Gasteiger partial charge in [0.05, 0.1) is 5.69 Å². The van der Waals surface area contributed by atoms with Crippen LogP contribution in [-0.2, 0) is 19.5 Å². The fraction of sp³-hybridized carbons (Fsp3) is 0.375. The SMILES string of the molecule is CC1(C)Cc2cccc(CNCc3cccnn3)c2O1. The van der Waals surface area contributed by atoms with E-state index in [9.17, 15) is 0 Å². The predicted molar refractivity (Wildman–Crippen MR) is 77.4 cm³/mol. The minimum Gasteiger partial charge on any atom is -0.487 e. The molecule has 0 saturated carbocycles. The molecule has 104 valence electrons. The van der Waals surface area contributed by atoms with Crippen LogP contribution in [0.2, 0.25) is 0 Å². The van der Waals surface area contributed by atoms with E-state index in [-0.39, 0.29) is 5.60 Å². The molecular weight excluding hydrogens is 250 g/mol. The van der Waals surface area contributed by atoms with E-state index in [2.05, 4.69) is 47.6 Å². The van der Waals surface area contributed by atoms with Gasteiger partial charge in [0.1, 0.15) is 11.4 Å². The molecule has 1 aliphatic rings. The third-order valence-corrected chi connectivity index (χ3v) is 3.42. The summed E-state index contributed by atoms with van der Waals surface area (Å²) in [6, 6.07) is 10.2. The highest BCUT2D eigenvalue weighted by molar-refractivity contribution is 5.45. The Kier molecular flexibility index (Phi) is 3.40. The summed E-state index contributed by atoms with van der Waals surface area (Å²) >= 11 is 0. The van der Waals surface area contributed by atoms with Crippen LogP contribution in [-0.4, -0.2) is 15.8 Å². The van der Waals surface area contributed by atoms with Gasteiger partial charge in [-0.3, -0.25) is 0 Å². The van der Waals surface area contributed by atoms with E-state index in [0.717, 1.165) is 24.4 Å². The summed E-state index contributed by atoms with van der Waals surface area (Å²) in [7, 11) is 0. The number of nitrogens with one attached hydrogen (secondary N) is 1. The lowest BCUT2D eigenvalue weighted by molar-refractivity contribution is 0.137. The van der Waals surface area contributed by atoms with Gasteiger partial charge in [-0.05, 0) is 31.5 Å². The lowest BCUT2D eigenvalue weighted by Crippen LogP contribution is -2.25. The third kappa shape index (κ3) is 2.80. The molecule has 1 aliphatic heterocycles. The molecule has 2 heterocycles. The maximum absolute atomic E-state index is 6.06. The molecule has 0 amide bonds. The maximum atomic E-state index is 6.06. The van der Waals surface area contributed by atoms with E-state index in [1.165, 1.54) is 11.1 Å². The second kappa shape index (κ2) is 5.21. The molecule has 0 spiro atoms. The Balaban J connectivity index is 1.66. The summed E-state index contributed by atoms with van der Waals surface area (Å²) in [5.74, 6) is 1.05. The average Bonchev–Trinajstić information content (AvgIpc) is 2.75. The van der Waals surface area contributed by atoms with Gasteiger partial charge in [0.15, 0.2) is 0 Å². The van der Waals surface area contributed by atoms with Crippen LogP contribution in [0.15, 0.2) is 36.5 Å². The molecule has 3 rings (SSSR count). The van der Waals surface area contributed by atoms with Crippen molar-refractivity contribution in [2.75, 3.05) is 0 Å². The first-order valence-electron chi connectivity index (χ1n) is 6.91. The van der Waals surface area contributed by atoms with Crippen LogP contribution >= 0.6 is 0 Å². The van der Waals surface area contributed by atoms with Crippen LogP contribution in [0.1, 0.15) is 30.7 Å². The zero-order chi connectivity index (χ0) is 14.0. The second-order valence-corrected chi connectivity index (χ2v) is 5.76. The molecule has 4 heteroatoms. The van der Waals surface area contributed by atoms with E-state index in [0.29, 0.717) is 6.54 Å². The van der Waals surface area contributed by atoms with Crippen molar-refractivity contribution in [1.82, 2.24) is 15.5 Å². The molecule has 0 fully saturated rings. The highest BCUT2D eigenvalue weighted by Gasteiger charge is 2.31. The van der Waals surface area contributed by atoms with Crippen molar-refractivity contribution in [1.29, 1.82) is 0 Å². The molecule has 0 aliphatic carbocycles. The number of rotatable bonds is 4. The van der Waals surface area contributed by atoms with Crippen molar-refractivity contribution in [3.8, 4) is 5.75 Å². The van der Waals surface area contributed by atoms with Crippen LogP contribution in [0.3, 0.4) is 0 Å². The van der Waals surface area contributed by atoms with Crippen molar-refractivity contribution < 1.29 is 4.74 Å². The number of fused-ring (bicyclic) bond motifs is 1. The summed E-state index contributed by atoms with van der Waals surface area (Å²) in [5.41, 5.74) is 3.36. The molecule has 4 nitrogen and oxygen atoms in total. The molecule has 0 unspecified atom stereocenters. The standard InChI is InChI=1S/C16H19N3O/c1-16(2)9-12-5-3-6-13(15(12)20-16)10-17-11-14-7-4-8-18-19-14/h3-8,17H,9-11H2,1-2H3. The second-order valence-electron chi connectivity index (χ2n) is 5.76. The fourth-order valence-corrected chi connectivity index (χ4v) is 2.57. The number of para-hydroxylation sites is 1. The van der Waals surface area contributed by atoms with Gasteiger partial charge in [-0.2, -0.15) is 10.2 Å². The molecule has 1 N–H and O–H groups in total. The number of aromatic nitrogens is 2. The Labute approximate surface area is 119 Å². The minimum absolute atomic E-state index is 0.0939. The number of ether oxygens (including phenoxy) is 1. The van der Waals surface area contributed by atoms with E-state index in [1.54, 1.807) is 6.20 Å². The number of nitrogens with zero attached hydrogens (tertiary/aromatic N) is 2. The largest absolute Gasteiger partial charge is 0.487 e. The number of benzene rings is 1.